The highest BCUT2D eigenvalue weighted by Gasteiger charge is 2.42. The highest BCUT2D eigenvalue weighted by molar-refractivity contribution is 6.22. The number of fused-ring (bicyclic) bond motifs is 1. The van der Waals surface area contributed by atoms with Crippen LogP contribution in [0.2, 0.25) is 0 Å². The second-order valence-corrected chi connectivity index (χ2v) is 7.48. The zero-order valence-electron chi connectivity index (χ0n) is 17.6. The third-order valence-electron chi connectivity index (χ3n) is 5.22. The van der Waals surface area contributed by atoms with Gasteiger partial charge in [-0.1, -0.05) is 55.8 Å². The molecule has 4 amide bonds. The van der Waals surface area contributed by atoms with E-state index in [1.807, 2.05) is 37.3 Å². The lowest BCUT2D eigenvalue weighted by Crippen LogP contribution is -2.51. The summed E-state index contributed by atoms with van der Waals surface area (Å²) in [7, 11) is 0. The molecule has 1 atom stereocenters. The first kappa shape index (κ1) is 22.2. The summed E-state index contributed by atoms with van der Waals surface area (Å²) in [6, 6.07) is 14.9. The third-order valence-corrected chi connectivity index (χ3v) is 5.22. The maximum atomic E-state index is 13.0. The van der Waals surface area contributed by atoms with Crippen LogP contribution in [-0.4, -0.2) is 47.7 Å². The molecule has 0 saturated heterocycles. The average molecular weight is 421 g/mol. The monoisotopic (exact) mass is 421 g/mol. The predicted molar refractivity (Wildman–Crippen MR) is 116 cm³/mol. The van der Waals surface area contributed by atoms with Crippen molar-refractivity contribution in [1.29, 1.82) is 0 Å². The zero-order valence-corrected chi connectivity index (χ0v) is 17.6. The third kappa shape index (κ3) is 5.36. The Morgan fingerprint density at radius 2 is 1.45 bits per heavy atom. The van der Waals surface area contributed by atoms with Crippen LogP contribution in [0.5, 0.6) is 0 Å². The van der Waals surface area contributed by atoms with Gasteiger partial charge in [0.05, 0.1) is 11.1 Å². The normalized spacial score (nSPS) is 13.6. The summed E-state index contributed by atoms with van der Waals surface area (Å²) in [5, 5.41) is 5.52. The van der Waals surface area contributed by atoms with Crippen LogP contribution in [0, 0.1) is 0 Å². The van der Waals surface area contributed by atoms with E-state index in [1.54, 1.807) is 24.3 Å². The minimum absolute atomic E-state index is 0.0581. The van der Waals surface area contributed by atoms with Gasteiger partial charge in [-0.15, -0.1) is 0 Å². The Morgan fingerprint density at radius 3 is 2.06 bits per heavy atom. The number of amides is 4. The number of hydrogen-bond acceptors (Lipinski definition) is 4. The number of unbranched alkanes of at least 4 members (excludes halogenated alkanes) is 1. The van der Waals surface area contributed by atoms with E-state index < -0.39 is 23.8 Å². The lowest BCUT2D eigenvalue weighted by atomic mass is 10.0. The molecule has 7 nitrogen and oxygen atoms in total. The molecule has 2 N–H and O–H groups in total. The van der Waals surface area contributed by atoms with Crippen molar-refractivity contribution >= 4 is 23.6 Å². The molecule has 1 unspecified atom stereocenters. The SMILES string of the molecule is CCCCC(=O)NCCNC(=O)C(Cc1ccccc1)N1C(=O)c2ccccc2C1=O. The number of hydrogen-bond donors (Lipinski definition) is 2. The summed E-state index contributed by atoms with van der Waals surface area (Å²) in [4.78, 5) is 51.7. The first-order valence-corrected chi connectivity index (χ1v) is 10.6. The fourth-order valence-corrected chi connectivity index (χ4v) is 3.56. The number of carbonyl (C=O) groups excluding carboxylic acids is 4. The van der Waals surface area contributed by atoms with Gasteiger partial charge in [0.2, 0.25) is 11.8 Å². The van der Waals surface area contributed by atoms with Crippen LogP contribution in [0.4, 0.5) is 0 Å². The van der Waals surface area contributed by atoms with Crippen LogP contribution in [0.15, 0.2) is 54.6 Å². The summed E-state index contributed by atoms with van der Waals surface area (Å²) < 4.78 is 0. The van der Waals surface area contributed by atoms with Crippen LogP contribution in [0.3, 0.4) is 0 Å². The highest BCUT2D eigenvalue weighted by atomic mass is 16.2. The van der Waals surface area contributed by atoms with Crippen molar-refractivity contribution in [3.8, 4) is 0 Å². The van der Waals surface area contributed by atoms with Crippen molar-refractivity contribution in [1.82, 2.24) is 15.5 Å². The fourth-order valence-electron chi connectivity index (χ4n) is 3.56. The second-order valence-electron chi connectivity index (χ2n) is 7.48. The van der Waals surface area contributed by atoms with Crippen LogP contribution in [0.1, 0.15) is 52.5 Å². The number of carbonyl (C=O) groups is 4. The number of nitrogens with one attached hydrogen (secondary N) is 2. The molecule has 0 saturated carbocycles. The van der Waals surface area contributed by atoms with Crippen molar-refractivity contribution in [2.24, 2.45) is 0 Å². The molecule has 31 heavy (non-hydrogen) atoms. The molecule has 1 aliphatic rings. The van der Waals surface area contributed by atoms with Gasteiger partial charge in [0, 0.05) is 25.9 Å². The lowest BCUT2D eigenvalue weighted by Gasteiger charge is -2.25. The molecule has 7 heteroatoms. The van der Waals surface area contributed by atoms with Crippen molar-refractivity contribution in [2.45, 2.75) is 38.6 Å². The summed E-state index contributed by atoms with van der Waals surface area (Å²) in [5.41, 5.74) is 1.45. The standard InChI is InChI=1S/C24H27N3O4/c1-2-3-13-21(28)25-14-15-26-22(29)20(16-17-9-5-4-6-10-17)27-23(30)18-11-7-8-12-19(18)24(27)31/h4-12,20H,2-3,13-16H2,1H3,(H,25,28)(H,26,29). The average Bonchev–Trinajstić information content (AvgIpc) is 3.04. The van der Waals surface area contributed by atoms with Crippen molar-refractivity contribution in [3.05, 3.63) is 71.3 Å². The van der Waals surface area contributed by atoms with Gasteiger partial charge in [0.25, 0.3) is 11.8 Å². The molecule has 0 bridgehead atoms. The molecular weight excluding hydrogens is 394 g/mol. The summed E-state index contributed by atoms with van der Waals surface area (Å²) in [5.74, 6) is -1.42. The van der Waals surface area contributed by atoms with Gasteiger partial charge < -0.3 is 10.6 Å². The quantitative estimate of drug-likeness (QED) is 0.455. The van der Waals surface area contributed by atoms with Crippen molar-refractivity contribution in [3.63, 3.8) is 0 Å². The Bertz CT molecular complexity index is 923. The van der Waals surface area contributed by atoms with Gasteiger partial charge in [-0.3, -0.25) is 24.1 Å². The Morgan fingerprint density at radius 1 is 0.871 bits per heavy atom. The molecule has 3 rings (SSSR count). The molecule has 2 aromatic carbocycles. The van der Waals surface area contributed by atoms with E-state index in [9.17, 15) is 19.2 Å². The van der Waals surface area contributed by atoms with E-state index in [0.29, 0.717) is 17.5 Å². The van der Waals surface area contributed by atoms with Crippen LogP contribution in [0.25, 0.3) is 0 Å². The van der Waals surface area contributed by atoms with E-state index >= 15 is 0 Å². The molecule has 162 valence electrons. The molecular formula is C24H27N3O4. The zero-order chi connectivity index (χ0) is 22.2. The smallest absolute Gasteiger partial charge is 0.262 e. The van der Waals surface area contributed by atoms with Gasteiger partial charge in [0.15, 0.2) is 0 Å². The summed E-state index contributed by atoms with van der Waals surface area (Å²) in [6.07, 6.45) is 2.42. The van der Waals surface area contributed by atoms with Gasteiger partial charge in [0.1, 0.15) is 6.04 Å². The molecule has 1 aliphatic heterocycles. The van der Waals surface area contributed by atoms with E-state index in [-0.39, 0.29) is 25.4 Å². The fraction of sp³-hybridized carbons (Fsp3) is 0.333. The first-order chi connectivity index (χ1) is 15.0. The molecule has 1 heterocycles. The highest BCUT2D eigenvalue weighted by Crippen LogP contribution is 2.26. The number of benzene rings is 2. The molecule has 2 aromatic rings. The lowest BCUT2D eigenvalue weighted by molar-refractivity contribution is -0.125. The Balaban J connectivity index is 1.70. The Hall–Kier alpha value is -3.48. The summed E-state index contributed by atoms with van der Waals surface area (Å²) in [6.45, 7) is 2.51. The molecule has 0 aromatic heterocycles. The van der Waals surface area contributed by atoms with E-state index in [2.05, 4.69) is 10.6 Å². The minimum atomic E-state index is -0.981. The van der Waals surface area contributed by atoms with Gasteiger partial charge in [-0.2, -0.15) is 0 Å². The van der Waals surface area contributed by atoms with E-state index in [4.69, 9.17) is 0 Å². The van der Waals surface area contributed by atoms with Gasteiger partial charge >= 0.3 is 0 Å². The Labute approximate surface area is 181 Å². The van der Waals surface area contributed by atoms with E-state index in [1.165, 1.54) is 0 Å². The Kier molecular flexibility index (Phi) is 7.54. The largest absolute Gasteiger partial charge is 0.354 e. The maximum absolute atomic E-state index is 13.0. The minimum Gasteiger partial charge on any atom is -0.354 e. The topological polar surface area (TPSA) is 95.6 Å². The first-order valence-electron chi connectivity index (χ1n) is 10.6. The number of nitrogens with zero attached hydrogens (tertiary/aromatic N) is 1. The molecule has 0 aliphatic carbocycles. The maximum Gasteiger partial charge on any atom is 0.262 e. The number of rotatable bonds is 10. The molecule has 0 fully saturated rings. The van der Waals surface area contributed by atoms with Gasteiger partial charge in [-0.25, -0.2) is 0 Å². The van der Waals surface area contributed by atoms with Crippen LogP contribution < -0.4 is 10.6 Å². The van der Waals surface area contributed by atoms with Crippen molar-refractivity contribution < 1.29 is 19.2 Å². The van der Waals surface area contributed by atoms with E-state index in [0.717, 1.165) is 23.3 Å². The van der Waals surface area contributed by atoms with Crippen molar-refractivity contribution in [2.75, 3.05) is 13.1 Å². The van der Waals surface area contributed by atoms with Crippen LogP contribution >= 0.6 is 0 Å². The van der Waals surface area contributed by atoms with Gasteiger partial charge in [-0.05, 0) is 24.1 Å². The molecule has 0 spiro atoms. The number of imide groups is 1. The second kappa shape index (κ2) is 10.5. The van der Waals surface area contributed by atoms with Crippen LogP contribution in [-0.2, 0) is 16.0 Å². The summed E-state index contributed by atoms with van der Waals surface area (Å²) >= 11 is 0. The molecule has 0 radical (unpaired) electrons. The predicted octanol–water partition coefficient (Wildman–Crippen LogP) is 2.32.